The predicted octanol–water partition coefficient (Wildman–Crippen LogP) is 1.67. The molecule has 2 N–H and O–H groups in total. The summed E-state index contributed by atoms with van der Waals surface area (Å²) in [6.07, 6.45) is -5.66. The van der Waals surface area contributed by atoms with Gasteiger partial charge in [-0.15, -0.1) is 0 Å². The molecule has 1 fully saturated rings. The highest BCUT2D eigenvalue weighted by atomic mass is 19.4. The first-order chi connectivity index (χ1) is 18.7. The van der Waals surface area contributed by atoms with E-state index in [2.05, 4.69) is 4.90 Å². The van der Waals surface area contributed by atoms with E-state index in [-0.39, 0.29) is 18.2 Å². The topological polar surface area (TPSA) is 149 Å². The number of likely N-dealkylation sites (tertiary alicyclic amines) is 1. The predicted molar refractivity (Wildman–Crippen MR) is 127 cm³/mol. The third-order valence-corrected chi connectivity index (χ3v) is 7.86. The van der Waals surface area contributed by atoms with E-state index in [1.807, 2.05) is 19.2 Å². The second kappa shape index (κ2) is 10.4. The van der Waals surface area contributed by atoms with E-state index in [0.717, 1.165) is 24.6 Å². The van der Waals surface area contributed by atoms with Gasteiger partial charge in [-0.2, -0.15) is 13.2 Å². The minimum atomic E-state index is -4.64. The molecule has 1 saturated heterocycles. The van der Waals surface area contributed by atoms with Gasteiger partial charge in [-0.3, -0.25) is 14.4 Å². The third-order valence-electron chi connectivity index (χ3n) is 7.86. The lowest BCUT2D eigenvalue weighted by molar-refractivity contribution is -0.173. The number of halogens is 3. The van der Waals surface area contributed by atoms with Crippen molar-refractivity contribution in [3.8, 4) is 11.5 Å². The van der Waals surface area contributed by atoms with Crippen LogP contribution in [0.5, 0.6) is 11.5 Å². The van der Waals surface area contributed by atoms with Crippen LogP contribution in [-0.2, 0) is 40.5 Å². The Hall–Kier alpha value is -3.65. The van der Waals surface area contributed by atoms with Crippen molar-refractivity contribution in [1.82, 2.24) is 4.90 Å². The number of rotatable bonds is 6. The van der Waals surface area contributed by atoms with Crippen molar-refractivity contribution in [2.45, 2.75) is 68.0 Å². The molecule has 5 atom stereocenters. The number of carbonyl (C=O) groups excluding carboxylic acids is 3. The van der Waals surface area contributed by atoms with E-state index in [9.17, 15) is 37.8 Å². The Morgan fingerprint density at radius 1 is 1.30 bits per heavy atom. The van der Waals surface area contributed by atoms with Crippen molar-refractivity contribution < 1.29 is 61.5 Å². The van der Waals surface area contributed by atoms with Gasteiger partial charge in [-0.05, 0) is 44.1 Å². The van der Waals surface area contributed by atoms with Crippen molar-refractivity contribution in [3.05, 3.63) is 35.1 Å². The van der Waals surface area contributed by atoms with Gasteiger partial charge in [-0.1, -0.05) is 6.07 Å². The molecule has 0 saturated carbocycles. The molecule has 1 aromatic rings. The van der Waals surface area contributed by atoms with Crippen LogP contribution in [0.3, 0.4) is 0 Å². The summed E-state index contributed by atoms with van der Waals surface area (Å²) in [6.45, 7) is 1.79. The average molecular weight is 572 g/mol. The Kier molecular flexibility index (Phi) is 7.62. The van der Waals surface area contributed by atoms with Crippen LogP contribution in [0.25, 0.3) is 0 Å². The van der Waals surface area contributed by atoms with Crippen molar-refractivity contribution >= 4 is 24.2 Å². The highest BCUT2D eigenvalue weighted by molar-refractivity contribution is 5.83. The Morgan fingerprint density at radius 3 is 2.55 bits per heavy atom. The second-order valence-corrected chi connectivity index (χ2v) is 10.1. The minimum absolute atomic E-state index is 0.145. The van der Waals surface area contributed by atoms with Crippen molar-refractivity contribution in [1.29, 1.82) is 0 Å². The summed E-state index contributed by atoms with van der Waals surface area (Å²) in [6, 6.07) is 3.69. The van der Waals surface area contributed by atoms with Gasteiger partial charge in [0.1, 0.15) is 5.76 Å². The molecule has 0 radical (unpaired) electrons. The summed E-state index contributed by atoms with van der Waals surface area (Å²) in [4.78, 5) is 46.2. The summed E-state index contributed by atoms with van der Waals surface area (Å²) < 4.78 is 53.5. The van der Waals surface area contributed by atoms with Crippen molar-refractivity contribution in [3.63, 3.8) is 0 Å². The Labute approximate surface area is 226 Å². The van der Waals surface area contributed by atoms with E-state index < -0.39 is 60.0 Å². The molecule has 2 aliphatic heterocycles. The minimum Gasteiger partial charge on any atom is -0.493 e. The summed E-state index contributed by atoms with van der Waals surface area (Å²) in [7, 11) is 3.54. The molecule has 2 aliphatic carbocycles. The molecule has 1 aromatic carbocycles. The Morgan fingerprint density at radius 2 is 1.98 bits per heavy atom. The molecular formula is C26H28F3NO10. The molecule has 218 valence electrons. The number of aldehydes is 1. The molecule has 0 amide bonds. The van der Waals surface area contributed by atoms with Crippen LogP contribution in [0.15, 0.2) is 24.0 Å². The van der Waals surface area contributed by atoms with Crippen LogP contribution in [0, 0.1) is 0 Å². The molecule has 1 spiro atoms. The summed E-state index contributed by atoms with van der Waals surface area (Å²) in [5.74, 6) is -1.82. The maximum Gasteiger partial charge on any atom is 0.446 e. The van der Waals surface area contributed by atoms with Gasteiger partial charge in [0.15, 0.2) is 17.6 Å². The van der Waals surface area contributed by atoms with Crippen molar-refractivity contribution in [2.75, 3.05) is 20.7 Å². The van der Waals surface area contributed by atoms with Gasteiger partial charge < -0.3 is 34.1 Å². The van der Waals surface area contributed by atoms with Crippen LogP contribution < -0.4 is 9.47 Å². The number of carboxylic acid groups (broad SMARTS) is 1. The monoisotopic (exact) mass is 571 g/mol. The molecule has 0 aromatic heterocycles. The molecule has 4 aliphatic rings. The number of aliphatic hydroxyl groups is 1. The lowest BCUT2D eigenvalue weighted by Gasteiger charge is -2.61. The standard InChI is InChI=1S/C24H27NO9.C2HF3O/c1-12(26)32-16(22(28)29)11-18(27)33-15-6-7-24(30)17-10-13-4-5-14(31-3)20-19(13)23(24,21(15)34-20)8-9-25(17)2;3-2(4,5)1-6/h4-6,16-17,21,30H,7-11H2,1-3H3,(H,28,29);1H/t16-,17+,21-,23-,24+;/m0./s1. The molecule has 14 heteroatoms. The summed E-state index contributed by atoms with van der Waals surface area (Å²) in [5.41, 5.74) is -0.0257. The van der Waals surface area contributed by atoms with E-state index in [4.69, 9.17) is 23.7 Å². The SMILES string of the molecule is COc1ccc2c3c1O[C@H]1C(OC(=O)C[C@H](OC(C)=O)C(=O)O)=CC[C@@]4(O)[C@@H](C2)N(C)CC[C@]314.O=CC(F)(F)F. The normalized spacial score (nSPS) is 28.4. The summed E-state index contributed by atoms with van der Waals surface area (Å²) in [5, 5.41) is 21.4. The summed E-state index contributed by atoms with van der Waals surface area (Å²) >= 11 is 0. The first kappa shape index (κ1) is 29.3. The van der Waals surface area contributed by atoms with Crippen molar-refractivity contribution in [2.24, 2.45) is 0 Å². The number of carboxylic acids is 1. The largest absolute Gasteiger partial charge is 0.493 e. The molecule has 40 heavy (non-hydrogen) atoms. The molecular weight excluding hydrogens is 543 g/mol. The lowest BCUT2D eigenvalue weighted by atomic mass is 9.50. The van der Waals surface area contributed by atoms with Gasteiger partial charge in [0, 0.05) is 24.9 Å². The van der Waals surface area contributed by atoms with Crippen LogP contribution in [0.2, 0.25) is 0 Å². The second-order valence-electron chi connectivity index (χ2n) is 10.1. The number of hydrogen-bond donors (Lipinski definition) is 2. The zero-order chi connectivity index (χ0) is 29.6. The third kappa shape index (κ3) is 4.79. The quantitative estimate of drug-likeness (QED) is 0.379. The van der Waals surface area contributed by atoms with E-state index in [1.165, 1.54) is 0 Å². The smallest absolute Gasteiger partial charge is 0.446 e. The highest BCUT2D eigenvalue weighted by Gasteiger charge is 2.72. The molecule has 11 nitrogen and oxygen atoms in total. The lowest BCUT2D eigenvalue weighted by Crippen LogP contribution is -2.74. The molecule has 2 bridgehead atoms. The molecule has 5 rings (SSSR count). The Bertz CT molecular complexity index is 1260. The average Bonchev–Trinajstić information content (AvgIpc) is 3.23. The zero-order valence-electron chi connectivity index (χ0n) is 21.8. The fraction of sp³-hybridized carbons (Fsp3) is 0.538. The highest BCUT2D eigenvalue weighted by Crippen LogP contribution is 2.65. The fourth-order valence-corrected chi connectivity index (χ4v) is 6.29. The fourth-order valence-electron chi connectivity index (χ4n) is 6.29. The molecule has 2 heterocycles. The number of nitrogens with zero attached hydrogens (tertiary/aromatic N) is 1. The van der Waals surface area contributed by atoms with E-state index >= 15 is 0 Å². The van der Waals surface area contributed by atoms with Gasteiger partial charge in [0.2, 0.25) is 12.4 Å². The van der Waals surface area contributed by atoms with Gasteiger partial charge in [-0.25, -0.2) is 4.79 Å². The van der Waals surface area contributed by atoms with Crippen LogP contribution in [0.4, 0.5) is 13.2 Å². The number of likely N-dealkylation sites (N-methyl/N-ethyl adjacent to an activating group) is 1. The number of hydrogen-bond acceptors (Lipinski definition) is 10. The van der Waals surface area contributed by atoms with Gasteiger partial charge in [0.25, 0.3) is 0 Å². The van der Waals surface area contributed by atoms with Crippen LogP contribution in [-0.4, -0.2) is 90.0 Å². The van der Waals surface area contributed by atoms with Gasteiger partial charge in [0.05, 0.1) is 24.5 Å². The first-order valence-corrected chi connectivity index (χ1v) is 12.3. The number of methoxy groups -OCH3 is 1. The number of esters is 2. The van der Waals surface area contributed by atoms with Gasteiger partial charge >= 0.3 is 24.1 Å². The number of piperidine rings is 1. The number of carbonyl (C=O) groups is 4. The number of alkyl halides is 3. The number of benzene rings is 1. The Balaban J connectivity index is 0.000000557. The van der Waals surface area contributed by atoms with Crippen LogP contribution in [0.1, 0.15) is 37.3 Å². The maximum absolute atomic E-state index is 12.7. The molecule has 0 unspecified atom stereocenters. The van der Waals surface area contributed by atoms with Crippen LogP contribution >= 0.6 is 0 Å². The van der Waals surface area contributed by atoms with E-state index in [1.54, 1.807) is 13.2 Å². The zero-order valence-corrected chi connectivity index (χ0v) is 21.8. The number of aliphatic carboxylic acids is 1. The van der Waals surface area contributed by atoms with E-state index in [0.29, 0.717) is 24.3 Å². The first-order valence-electron chi connectivity index (χ1n) is 12.3. The maximum atomic E-state index is 12.7. The number of ether oxygens (including phenoxy) is 4.